The van der Waals surface area contributed by atoms with Gasteiger partial charge in [-0.05, 0) is 82.0 Å². The lowest BCUT2D eigenvalue weighted by atomic mass is 9.44. The first-order chi connectivity index (χ1) is 39.5. The number of ketones is 1. The van der Waals surface area contributed by atoms with Crippen molar-refractivity contribution in [3.63, 3.8) is 0 Å². The molecule has 1 heterocycles. The maximum Gasteiger partial charge on any atom is 0.509 e. The third-order valence-corrected chi connectivity index (χ3v) is 16.1. The number of aliphatic hydroxyl groups is 1. The zero-order valence-corrected chi connectivity index (χ0v) is 52.0. The van der Waals surface area contributed by atoms with Crippen LogP contribution < -0.4 is 5.32 Å². The number of ether oxygens (including phenoxy) is 10. The third-order valence-electron chi connectivity index (χ3n) is 15.4. The van der Waals surface area contributed by atoms with Crippen molar-refractivity contribution >= 4 is 124 Å². The highest BCUT2D eigenvalue weighted by Gasteiger charge is 2.79. The van der Waals surface area contributed by atoms with Crippen molar-refractivity contribution in [2.24, 2.45) is 16.7 Å². The molecule has 7 rings (SSSR count). The molecule has 3 aromatic carbocycles. The number of esters is 3. The van der Waals surface area contributed by atoms with E-state index in [4.69, 9.17) is 117 Å². The van der Waals surface area contributed by atoms with Gasteiger partial charge in [-0.2, -0.15) is 0 Å². The van der Waals surface area contributed by atoms with Crippen LogP contribution in [0.3, 0.4) is 0 Å². The number of fused-ring (bicyclic) bond motifs is 5. The average Bonchev–Trinajstić information content (AvgIpc) is 0.735. The molecule has 460 valence electrons. The molecule has 1 amide bonds. The molecule has 0 spiro atoms. The molecule has 4 aliphatic rings. The number of halogens is 6. The minimum atomic E-state index is -2.73. The van der Waals surface area contributed by atoms with Gasteiger partial charge in [0.1, 0.15) is 54.9 Å². The van der Waals surface area contributed by atoms with Crippen molar-refractivity contribution in [1.29, 1.82) is 0 Å². The second-order valence-corrected chi connectivity index (χ2v) is 27.7. The summed E-state index contributed by atoms with van der Waals surface area (Å²) in [5.74, 6) is -7.20. The van der Waals surface area contributed by atoms with E-state index < -0.39 is 165 Å². The molecule has 2 saturated carbocycles. The standard InChI is InChI=1S/C59H63Cl6NO19/c1-31(25-34-19-13-10-14-20-34)47(69)66-41(35-21-15-11-16-22-35)43(82-52(74)85-53(4,5)6)49(71)79-37-27-57(75)46(83-48(70)36-23-17-12-18-24-36)44-55(9,45(68)42(40(32(37)2)54(57,7)8)81-51(73)78-30-59(63,64)65)38(80-50(72)77-29-58(60,61)62)26-39-56(44,28-76-39)84-33(3)67/h10-25,37-39,41-44,46,75H,26-30H2,1-9H3,(H,66,69)/t37-,38-,39+,41-,42+,43+,44-,46-,55+,56-,57?/m0/s1. The topological polar surface area (TPSA) is 261 Å². The molecule has 3 aliphatic carbocycles. The molecule has 11 atom stereocenters. The van der Waals surface area contributed by atoms with Crippen LogP contribution in [-0.4, -0.2) is 134 Å². The number of carbonyl (C=O) groups excluding carboxylic acids is 8. The van der Waals surface area contributed by atoms with E-state index in [9.17, 15) is 33.9 Å². The molecule has 0 radical (unpaired) electrons. The van der Waals surface area contributed by atoms with Crippen LogP contribution in [0.2, 0.25) is 0 Å². The van der Waals surface area contributed by atoms with E-state index in [1.54, 1.807) is 93.6 Å². The summed E-state index contributed by atoms with van der Waals surface area (Å²) >= 11 is 35.7. The van der Waals surface area contributed by atoms with Crippen LogP contribution in [0.4, 0.5) is 14.4 Å². The van der Waals surface area contributed by atoms with Gasteiger partial charge < -0.3 is 57.8 Å². The number of Topliss-reactive ketones (excluding diaryl/α,β-unsaturated/α-hetero) is 1. The van der Waals surface area contributed by atoms with Crippen LogP contribution in [-0.2, 0) is 66.5 Å². The number of hydrogen-bond donors (Lipinski definition) is 2. The van der Waals surface area contributed by atoms with E-state index in [-0.39, 0.29) is 27.8 Å². The zero-order valence-electron chi connectivity index (χ0n) is 47.5. The summed E-state index contributed by atoms with van der Waals surface area (Å²) in [5.41, 5.74) is -9.88. The highest BCUT2D eigenvalue weighted by molar-refractivity contribution is 6.68. The van der Waals surface area contributed by atoms with Crippen LogP contribution in [0, 0.1) is 16.7 Å². The molecule has 0 aromatic heterocycles. The normalized spacial score (nSPS) is 27.0. The summed E-state index contributed by atoms with van der Waals surface area (Å²) in [4.78, 5) is 117. The van der Waals surface area contributed by atoms with E-state index in [2.05, 4.69) is 5.32 Å². The third kappa shape index (κ3) is 14.9. The largest absolute Gasteiger partial charge is 0.509 e. The lowest BCUT2D eigenvalue weighted by molar-refractivity contribution is -0.346. The van der Waals surface area contributed by atoms with Crippen LogP contribution in [0.5, 0.6) is 0 Å². The molecule has 1 saturated heterocycles. The van der Waals surface area contributed by atoms with Gasteiger partial charge in [0.2, 0.25) is 19.6 Å². The zero-order chi connectivity index (χ0) is 62.8. The Labute approximate surface area is 520 Å². The summed E-state index contributed by atoms with van der Waals surface area (Å²) in [6.07, 6.45) is -15.7. The van der Waals surface area contributed by atoms with Gasteiger partial charge in [0, 0.05) is 30.8 Å². The molecule has 85 heavy (non-hydrogen) atoms. The predicted octanol–water partition coefficient (Wildman–Crippen LogP) is 11.0. The molecule has 3 fully saturated rings. The number of hydrogen-bond acceptors (Lipinski definition) is 19. The fourth-order valence-corrected chi connectivity index (χ4v) is 11.8. The number of nitrogens with one attached hydrogen (secondary N) is 1. The molecule has 20 nitrogen and oxygen atoms in total. The SMILES string of the molecule is CC(=O)O[C@@]12CO[C@@H]1C[C@H](OC(=O)OCC(Cl)(Cl)Cl)[C@@]1(C)C(=O)[C@H](OC(=O)OCC(Cl)(Cl)Cl)C3=C(C)[C@@H](OC(=O)[C@H](OC(=O)OC(C)(C)C)[C@@H](NC(=O)C(C)=Cc4ccccc4)c4ccccc4)CC(O)([C@@H](OC(=O)c4ccccc4)[C@H]21)C3(C)C. The minimum Gasteiger partial charge on any atom is -0.455 e. The summed E-state index contributed by atoms with van der Waals surface area (Å²) < 4.78 is 54.6. The van der Waals surface area contributed by atoms with Gasteiger partial charge in [-0.1, -0.05) is 162 Å². The summed E-state index contributed by atoms with van der Waals surface area (Å²) in [5, 5.41) is 17.2. The molecule has 3 aromatic rings. The fraction of sp³-hybridized carbons (Fsp3) is 0.492. The van der Waals surface area contributed by atoms with Gasteiger partial charge in [-0.15, -0.1) is 0 Å². The van der Waals surface area contributed by atoms with Gasteiger partial charge in [-0.3, -0.25) is 14.4 Å². The highest BCUT2D eigenvalue weighted by atomic mass is 35.6. The lowest BCUT2D eigenvalue weighted by Crippen LogP contribution is -2.82. The van der Waals surface area contributed by atoms with Gasteiger partial charge in [0.25, 0.3) is 0 Å². The highest BCUT2D eigenvalue weighted by Crippen LogP contribution is 2.65. The molecule has 2 bridgehead atoms. The first-order valence-corrected chi connectivity index (χ1v) is 28.8. The second kappa shape index (κ2) is 25.9. The molecule has 1 unspecified atom stereocenters. The van der Waals surface area contributed by atoms with Gasteiger partial charge in [0.05, 0.1) is 23.5 Å². The van der Waals surface area contributed by atoms with E-state index >= 15 is 9.59 Å². The Bertz CT molecular complexity index is 3090. The quantitative estimate of drug-likeness (QED) is 0.0471. The van der Waals surface area contributed by atoms with E-state index in [1.165, 1.54) is 58.9 Å². The Balaban J connectivity index is 1.48. The van der Waals surface area contributed by atoms with Crippen molar-refractivity contribution in [3.8, 4) is 0 Å². The molecule has 2 N–H and O–H groups in total. The maximum absolute atomic E-state index is 16.6. The Morgan fingerprint density at radius 3 is 1.85 bits per heavy atom. The van der Waals surface area contributed by atoms with Crippen molar-refractivity contribution in [1.82, 2.24) is 5.32 Å². The van der Waals surface area contributed by atoms with Crippen molar-refractivity contribution < 1.29 is 90.8 Å². The average molecular weight is 1300 g/mol. The van der Waals surface area contributed by atoms with Crippen LogP contribution in [0.15, 0.2) is 108 Å². The lowest BCUT2D eigenvalue weighted by Gasteiger charge is -2.67. The van der Waals surface area contributed by atoms with E-state index in [0.29, 0.717) is 5.56 Å². The maximum atomic E-state index is 16.6. The van der Waals surface area contributed by atoms with Gasteiger partial charge in [-0.25, -0.2) is 24.0 Å². The Kier molecular flexibility index (Phi) is 20.3. The number of rotatable bonds is 15. The Morgan fingerprint density at radius 1 is 0.765 bits per heavy atom. The summed E-state index contributed by atoms with van der Waals surface area (Å²) in [7, 11) is 0. The van der Waals surface area contributed by atoms with Crippen LogP contribution in [0.25, 0.3) is 6.08 Å². The van der Waals surface area contributed by atoms with Crippen LogP contribution >= 0.6 is 69.6 Å². The van der Waals surface area contributed by atoms with Crippen molar-refractivity contribution in [2.75, 3.05) is 19.8 Å². The van der Waals surface area contributed by atoms with Crippen LogP contribution in [0.1, 0.15) is 103 Å². The number of benzene rings is 3. The van der Waals surface area contributed by atoms with Crippen molar-refractivity contribution in [3.05, 3.63) is 124 Å². The minimum absolute atomic E-state index is 0.0746. The second-order valence-electron chi connectivity index (χ2n) is 22.7. The Morgan fingerprint density at radius 2 is 1.32 bits per heavy atom. The van der Waals surface area contributed by atoms with Crippen molar-refractivity contribution in [2.45, 2.75) is 142 Å². The fourth-order valence-electron chi connectivity index (χ4n) is 11.5. The Hall–Kier alpha value is -5.84. The molecular weight excluding hydrogens is 1240 g/mol. The van der Waals surface area contributed by atoms with E-state index in [0.717, 1.165) is 6.92 Å². The molecular formula is C59H63Cl6NO19. The van der Waals surface area contributed by atoms with Gasteiger partial charge in [0.15, 0.2) is 17.5 Å². The van der Waals surface area contributed by atoms with E-state index in [1.807, 2.05) is 0 Å². The molecule has 1 aliphatic heterocycles. The first-order valence-electron chi connectivity index (χ1n) is 26.6. The number of carbonyl (C=O) groups is 8. The number of alkyl halides is 6. The molecule has 26 heteroatoms. The first kappa shape index (κ1) is 66.7. The summed E-state index contributed by atoms with van der Waals surface area (Å²) in [6, 6.07) is 22.7. The summed E-state index contributed by atoms with van der Waals surface area (Å²) in [6.45, 7) is 10.4. The smallest absolute Gasteiger partial charge is 0.455 e. The predicted molar refractivity (Wildman–Crippen MR) is 309 cm³/mol. The number of amides is 1. The monoisotopic (exact) mass is 1300 g/mol. The van der Waals surface area contributed by atoms with Gasteiger partial charge >= 0.3 is 36.4 Å².